The molecule has 0 aromatic carbocycles. The maximum atomic E-state index is 12.3. The first kappa shape index (κ1) is 14.6. The Labute approximate surface area is 123 Å². The first-order chi connectivity index (χ1) is 10.0. The Balaban J connectivity index is 1.65. The summed E-state index contributed by atoms with van der Waals surface area (Å²) < 4.78 is 30.6. The summed E-state index contributed by atoms with van der Waals surface area (Å²) in [5.41, 5.74) is 0. The van der Waals surface area contributed by atoms with Gasteiger partial charge in [-0.15, -0.1) is 0 Å². The van der Waals surface area contributed by atoms with Gasteiger partial charge in [0.2, 0.25) is 5.09 Å². The van der Waals surface area contributed by atoms with Crippen molar-refractivity contribution >= 4 is 15.9 Å². The second kappa shape index (κ2) is 5.43. The van der Waals surface area contributed by atoms with E-state index in [-0.39, 0.29) is 16.8 Å². The summed E-state index contributed by atoms with van der Waals surface area (Å²) in [5.74, 6) is -0.174. The number of rotatable bonds is 4. The van der Waals surface area contributed by atoms with E-state index in [1.165, 1.54) is 32.0 Å². The lowest BCUT2D eigenvalue weighted by atomic mass is 10.3. The zero-order valence-corrected chi connectivity index (χ0v) is 12.7. The predicted octanol–water partition coefficient (Wildman–Crippen LogP) is 0.108. The van der Waals surface area contributed by atoms with Gasteiger partial charge in [0.1, 0.15) is 0 Å². The van der Waals surface area contributed by atoms with Gasteiger partial charge in [-0.2, -0.15) is 0 Å². The fraction of sp³-hybridized carbons (Fsp3) is 0.615. The molecule has 2 heterocycles. The average Bonchev–Trinajstić information content (AvgIpc) is 3.23. The molecule has 1 N–H and O–H groups in total. The molecule has 1 saturated heterocycles. The number of sulfonamides is 1. The summed E-state index contributed by atoms with van der Waals surface area (Å²) in [6.07, 6.45) is 2.52. The Kier molecular flexibility index (Phi) is 3.76. The molecule has 1 aromatic heterocycles. The fourth-order valence-electron chi connectivity index (χ4n) is 2.57. The number of nitrogens with zero attached hydrogens (tertiary/aromatic N) is 2. The van der Waals surface area contributed by atoms with Gasteiger partial charge >= 0.3 is 0 Å². The van der Waals surface area contributed by atoms with Crippen LogP contribution < -0.4 is 4.72 Å². The van der Waals surface area contributed by atoms with Gasteiger partial charge < -0.3 is 9.32 Å². The van der Waals surface area contributed by atoms with Crippen LogP contribution in [0.15, 0.2) is 21.6 Å². The topological polar surface area (TPSA) is 82.9 Å². The molecular weight excluding hydrogens is 294 g/mol. The monoisotopic (exact) mass is 313 g/mol. The zero-order valence-electron chi connectivity index (χ0n) is 11.9. The minimum atomic E-state index is -3.65. The molecule has 1 saturated carbocycles. The minimum absolute atomic E-state index is 0.0729. The van der Waals surface area contributed by atoms with Gasteiger partial charge in [-0.3, -0.25) is 9.69 Å². The Hall–Kier alpha value is -1.38. The normalized spacial score (nSPS) is 20.7. The number of hydrogen-bond acceptors (Lipinski definition) is 5. The van der Waals surface area contributed by atoms with Gasteiger partial charge in [0.05, 0.1) is 0 Å². The summed E-state index contributed by atoms with van der Waals surface area (Å²) in [6.45, 7) is 3.06. The minimum Gasteiger partial charge on any atom is -0.438 e. The van der Waals surface area contributed by atoms with E-state index in [0.29, 0.717) is 19.1 Å². The van der Waals surface area contributed by atoms with Crippen LogP contribution in [-0.4, -0.2) is 63.4 Å². The van der Waals surface area contributed by atoms with E-state index < -0.39 is 10.0 Å². The van der Waals surface area contributed by atoms with Gasteiger partial charge in [-0.25, -0.2) is 13.1 Å². The molecule has 1 aliphatic heterocycles. The third-order valence-corrected chi connectivity index (χ3v) is 5.28. The molecule has 2 fully saturated rings. The predicted molar refractivity (Wildman–Crippen MR) is 75.5 cm³/mol. The molecule has 7 nitrogen and oxygen atoms in total. The lowest BCUT2D eigenvalue weighted by Gasteiger charge is -2.34. The van der Waals surface area contributed by atoms with Crippen LogP contribution in [0.25, 0.3) is 0 Å². The van der Waals surface area contributed by atoms with Crippen LogP contribution in [0, 0.1) is 0 Å². The van der Waals surface area contributed by atoms with E-state index >= 15 is 0 Å². The lowest BCUT2D eigenvalue weighted by molar-refractivity contribution is 0.0591. The first-order valence-electron chi connectivity index (χ1n) is 7.08. The molecule has 0 spiro atoms. The van der Waals surface area contributed by atoms with E-state index in [9.17, 15) is 13.2 Å². The summed E-state index contributed by atoms with van der Waals surface area (Å²) >= 11 is 0. The van der Waals surface area contributed by atoms with Gasteiger partial charge in [0.25, 0.3) is 15.9 Å². The molecule has 2 aliphatic rings. The highest BCUT2D eigenvalue weighted by atomic mass is 32.2. The van der Waals surface area contributed by atoms with Crippen molar-refractivity contribution in [2.45, 2.75) is 24.0 Å². The zero-order chi connectivity index (χ0) is 15.0. The smallest absolute Gasteiger partial charge is 0.289 e. The van der Waals surface area contributed by atoms with Crippen molar-refractivity contribution in [3.05, 3.63) is 17.9 Å². The number of piperazine rings is 1. The van der Waals surface area contributed by atoms with Crippen LogP contribution in [0.1, 0.15) is 23.4 Å². The summed E-state index contributed by atoms with van der Waals surface area (Å²) in [6, 6.07) is 3.43. The molecule has 0 unspecified atom stereocenters. The molecular formula is C13H19N3O4S. The van der Waals surface area contributed by atoms with Gasteiger partial charge in [-0.1, -0.05) is 0 Å². The van der Waals surface area contributed by atoms with Crippen LogP contribution >= 0.6 is 0 Å². The second-order valence-electron chi connectivity index (χ2n) is 5.39. The largest absolute Gasteiger partial charge is 0.438 e. The number of furan rings is 1. The van der Waals surface area contributed by atoms with Gasteiger partial charge in [0.15, 0.2) is 5.76 Å². The van der Waals surface area contributed by atoms with Crippen LogP contribution in [0.2, 0.25) is 0 Å². The number of nitrogens with one attached hydrogen (secondary N) is 1. The Morgan fingerprint density at radius 1 is 1.24 bits per heavy atom. The molecule has 8 heteroatoms. The van der Waals surface area contributed by atoms with Crippen molar-refractivity contribution in [1.29, 1.82) is 0 Å². The van der Waals surface area contributed by atoms with E-state index in [0.717, 1.165) is 13.1 Å². The Bertz CT molecular complexity index is 628. The van der Waals surface area contributed by atoms with E-state index in [1.807, 2.05) is 0 Å². The molecule has 0 radical (unpaired) electrons. The summed E-state index contributed by atoms with van der Waals surface area (Å²) in [7, 11) is -2.35. The van der Waals surface area contributed by atoms with E-state index in [1.54, 1.807) is 4.90 Å². The van der Waals surface area contributed by atoms with Gasteiger partial charge in [-0.05, 0) is 32.0 Å². The van der Waals surface area contributed by atoms with Crippen molar-refractivity contribution in [3.63, 3.8) is 0 Å². The summed E-state index contributed by atoms with van der Waals surface area (Å²) in [4.78, 5) is 16.4. The first-order valence-corrected chi connectivity index (χ1v) is 8.56. The number of hydrogen-bond donors (Lipinski definition) is 1. The van der Waals surface area contributed by atoms with Crippen LogP contribution in [-0.2, 0) is 10.0 Å². The molecule has 1 amide bonds. The maximum absolute atomic E-state index is 12.3. The van der Waals surface area contributed by atoms with E-state index in [4.69, 9.17) is 4.42 Å². The second-order valence-corrected chi connectivity index (χ2v) is 7.20. The summed E-state index contributed by atoms with van der Waals surface area (Å²) in [5, 5.41) is -0.232. The highest BCUT2D eigenvalue weighted by molar-refractivity contribution is 7.89. The van der Waals surface area contributed by atoms with Crippen molar-refractivity contribution in [2.24, 2.45) is 0 Å². The molecule has 0 atom stereocenters. The standard InChI is InChI=1S/C13H19N3O4S/c1-14-21(18,19)12-5-4-11(20-12)13(17)16-8-6-15(7-9-16)10-2-3-10/h4-5,10,14H,2-3,6-9H2,1H3. The molecule has 1 aromatic rings. The van der Waals surface area contributed by atoms with Crippen LogP contribution in [0.5, 0.6) is 0 Å². The van der Waals surface area contributed by atoms with Gasteiger partial charge in [0, 0.05) is 32.2 Å². The SMILES string of the molecule is CNS(=O)(=O)c1ccc(C(=O)N2CCN(C3CC3)CC2)o1. The number of carbonyl (C=O) groups is 1. The third kappa shape index (κ3) is 2.97. The highest BCUT2D eigenvalue weighted by Gasteiger charge is 2.33. The number of amides is 1. The fourth-order valence-corrected chi connectivity index (χ4v) is 3.21. The average molecular weight is 313 g/mol. The number of carbonyl (C=O) groups excluding carboxylic acids is 1. The molecule has 0 bridgehead atoms. The van der Waals surface area contributed by atoms with E-state index in [2.05, 4.69) is 9.62 Å². The Morgan fingerprint density at radius 2 is 1.90 bits per heavy atom. The van der Waals surface area contributed by atoms with Crippen molar-refractivity contribution < 1.29 is 17.6 Å². The molecule has 1 aliphatic carbocycles. The maximum Gasteiger partial charge on any atom is 0.289 e. The van der Waals surface area contributed by atoms with Crippen LogP contribution in [0.3, 0.4) is 0 Å². The van der Waals surface area contributed by atoms with Crippen LogP contribution in [0.4, 0.5) is 0 Å². The quantitative estimate of drug-likeness (QED) is 0.853. The molecule has 21 heavy (non-hydrogen) atoms. The van der Waals surface area contributed by atoms with Crippen molar-refractivity contribution in [1.82, 2.24) is 14.5 Å². The highest BCUT2D eigenvalue weighted by Crippen LogP contribution is 2.27. The third-order valence-electron chi connectivity index (χ3n) is 3.99. The molecule has 116 valence electrons. The Morgan fingerprint density at radius 3 is 2.48 bits per heavy atom. The lowest BCUT2D eigenvalue weighted by Crippen LogP contribution is -2.49. The van der Waals surface area contributed by atoms with Crippen molar-refractivity contribution in [2.75, 3.05) is 33.2 Å². The molecule has 3 rings (SSSR count). The van der Waals surface area contributed by atoms with Crippen molar-refractivity contribution in [3.8, 4) is 0 Å².